The van der Waals surface area contributed by atoms with Gasteiger partial charge in [-0.05, 0) is 51.7 Å². The molecule has 5 nitrogen and oxygen atoms in total. The van der Waals surface area contributed by atoms with Gasteiger partial charge in [0.05, 0.1) is 5.69 Å². The van der Waals surface area contributed by atoms with Crippen LogP contribution in [0, 0.1) is 0 Å². The quantitative estimate of drug-likeness (QED) is 0.747. The van der Waals surface area contributed by atoms with Crippen LogP contribution in [0.3, 0.4) is 0 Å². The van der Waals surface area contributed by atoms with Crippen LogP contribution in [0.15, 0.2) is 12.1 Å². The number of hydrogen-bond donors (Lipinski definition) is 0. The summed E-state index contributed by atoms with van der Waals surface area (Å²) < 4.78 is 5.57. The minimum atomic E-state index is -0.461. The van der Waals surface area contributed by atoms with Gasteiger partial charge in [-0.1, -0.05) is 25.8 Å². The Kier molecular flexibility index (Phi) is 5.73. The van der Waals surface area contributed by atoms with Gasteiger partial charge < -0.3 is 14.5 Å². The van der Waals surface area contributed by atoms with E-state index in [0.717, 1.165) is 31.0 Å². The molecule has 0 aromatic carbocycles. The normalized spacial score (nSPS) is 21.6. The van der Waals surface area contributed by atoms with E-state index in [-0.39, 0.29) is 12.0 Å². The summed E-state index contributed by atoms with van der Waals surface area (Å²) in [4.78, 5) is 21.8. The third kappa shape index (κ3) is 4.68. The lowest BCUT2D eigenvalue weighted by Gasteiger charge is -2.27. The minimum absolute atomic E-state index is 0.215. The third-order valence-electron chi connectivity index (χ3n) is 5.19. The van der Waals surface area contributed by atoms with Gasteiger partial charge in [0.2, 0.25) is 0 Å². The molecule has 0 spiro atoms. The van der Waals surface area contributed by atoms with Crippen LogP contribution in [0.5, 0.6) is 0 Å². The van der Waals surface area contributed by atoms with Crippen molar-refractivity contribution in [3.05, 3.63) is 23.4 Å². The maximum Gasteiger partial charge on any atom is 0.410 e. The van der Waals surface area contributed by atoms with Gasteiger partial charge in [0.25, 0.3) is 0 Å². The molecule has 1 saturated heterocycles. The summed E-state index contributed by atoms with van der Waals surface area (Å²) in [5.74, 6) is 1.31. The molecular formula is C21H33N3O2. The zero-order valence-corrected chi connectivity index (χ0v) is 16.8. The molecule has 0 aliphatic carbocycles. The van der Waals surface area contributed by atoms with Crippen LogP contribution in [0.4, 0.5) is 10.6 Å². The van der Waals surface area contributed by atoms with E-state index in [4.69, 9.17) is 9.72 Å². The number of pyridine rings is 1. The average molecular weight is 360 g/mol. The number of nitrogens with zero attached hydrogens (tertiary/aromatic N) is 3. The Morgan fingerprint density at radius 3 is 2.46 bits per heavy atom. The molecule has 1 aromatic rings. The molecule has 1 amide bonds. The van der Waals surface area contributed by atoms with Crippen molar-refractivity contribution in [3.63, 3.8) is 0 Å². The van der Waals surface area contributed by atoms with E-state index in [1.54, 1.807) is 0 Å². The molecule has 26 heavy (non-hydrogen) atoms. The summed E-state index contributed by atoms with van der Waals surface area (Å²) in [6.07, 6.45) is 5.77. The predicted octanol–water partition coefficient (Wildman–Crippen LogP) is 4.36. The molecule has 3 rings (SSSR count). The van der Waals surface area contributed by atoms with Crippen molar-refractivity contribution >= 4 is 11.9 Å². The first kappa shape index (κ1) is 19.0. The molecule has 144 valence electrons. The van der Waals surface area contributed by atoms with Crippen molar-refractivity contribution in [2.24, 2.45) is 0 Å². The molecular weight excluding hydrogens is 326 g/mol. The molecule has 1 atom stereocenters. The number of carbonyl (C=O) groups excluding carboxylic acids is 1. The van der Waals surface area contributed by atoms with Crippen LogP contribution in [0.1, 0.15) is 70.6 Å². The smallest absolute Gasteiger partial charge is 0.410 e. The van der Waals surface area contributed by atoms with E-state index >= 15 is 0 Å². The SMILES string of the molecule is CC1CN(C(=O)OC(C)(C)C)CCc2ccc(N3CCCCCC3)nc21. The van der Waals surface area contributed by atoms with Crippen molar-refractivity contribution < 1.29 is 9.53 Å². The molecule has 1 fully saturated rings. The molecule has 0 bridgehead atoms. The lowest BCUT2D eigenvalue weighted by Crippen LogP contribution is -2.38. The molecule has 0 N–H and O–H groups in total. The number of aromatic nitrogens is 1. The maximum atomic E-state index is 12.5. The fourth-order valence-electron chi connectivity index (χ4n) is 3.86. The first-order valence-corrected chi connectivity index (χ1v) is 10.1. The lowest BCUT2D eigenvalue weighted by molar-refractivity contribution is 0.0248. The van der Waals surface area contributed by atoms with Gasteiger partial charge in [0.1, 0.15) is 11.4 Å². The van der Waals surface area contributed by atoms with E-state index in [9.17, 15) is 4.79 Å². The second kappa shape index (κ2) is 7.85. The first-order valence-electron chi connectivity index (χ1n) is 10.1. The fraction of sp³-hybridized carbons (Fsp3) is 0.714. The summed E-state index contributed by atoms with van der Waals surface area (Å²) >= 11 is 0. The topological polar surface area (TPSA) is 45.7 Å². The number of amides is 1. The summed E-state index contributed by atoms with van der Waals surface area (Å²) in [7, 11) is 0. The standard InChI is InChI=1S/C21H33N3O2/c1-16-15-24(20(25)26-21(2,3)4)14-11-17-9-10-18(22-19(16)17)23-12-7-5-6-8-13-23/h9-10,16H,5-8,11-15H2,1-4H3. The molecule has 0 radical (unpaired) electrons. The van der Waals surface area contributed by atoms with Crippen LogP contribution in [-0.4, -0.2) is 47.8 Å². The number of hydrogen-bond acceptors (Lipinski definition) is 4. The maximum absolute atomic E-state index is 12.5. The molecule has 1 unspecified atom stereocenters. The largest absolute Gasteiger partial charge is 0.444 e. The van der Waals surface area contributed by atoms with Crippen LogP contribution in [0.25, 0.3) is 0 Å². The van der Waals surface area contributed by atoms with Crippen LogP contribution in [-0.2, 0) is 11.2 Å². The first-order chi connectivity index (χ1) is 12.3. The number of carbonyl (C=O) groups is 1. The van der Waals surface area contributed by atoms with E-state index < -0.39 is 5.60 Å². The second-order valence-electron chi connectivity index (χ2n) is 8.69. The van der Waals surface area contributed by atoms with E-state index in [2.05, 4.69) is 24.0 Å². The summed E-state index contributed by atoms with van der Waals surface area (Å²) in [6.45, 7) is 11.5. The fourth-order valence-corrected chi connectivity index (χ4v) is 3.86. The van der Waals surface area contributed by atoms with Crippen LogP contribution in [0.2, 0.25) is 0 Å². The molecule has 5 heteroatoms. The molecule has 2 aliphatic rings. The number of ether oxygens (including phenoxy) is 1. The van der Waals surface area contributed by atoms with E-state index in [0.29, 0.717) is 13.1 Å². The van der Waals surface area contributed by atoms with Gasteiger partial charge in [0.15, 0.2) is 0 Å². The van der Waals surface area contributed by atoms with Gasteiger partial charge in [-0.25, -0.2) is 9.78 Å². The van der Waals surface area contributed by atoms with Crippen LogP contribution < -0.4 is 4.90 Å². The van der Waals surface area contributed by atoms with Crippen molar-refractivity contribution in [1.82, 2.24) is 9.88 Å². The molecule has 3 heterocycles. The Morgan fingerprint density at radius 2 is 1.81 bits per heavy atom. The number of fused-ring (bicyclic) bond motifs is 1. The lowest BCUT2D eigenvalue weighted by atomic mass is 10.0. The Bertz CT molecular complexity index is 631. The zero-order valence-electron chi connectivity index (χ0n) is 16.8. The highest BCUT2D eigenvalue weighted by Gasteiger charge is 2.28. The molecule has 2 aliphatic heterocycles. The predicted molar refractivity (Wildman–Crippen MR) is 105 cm³/mol. The van der Waals surface area contributed by atoms with E-state index in [1.165, 1.54) is 31.2 Å². The number of rotatable bonds is 1. The minimum Gasteiger partial charge on any atom is -0.444 e. The van der Waals surface area contributed by atoms with Gasteiger partial charge in [-0.3, -0.25) is 0 Å². The van der Waals surface area contributed by atoms with Gasteiger partial charge in [-0.15, -0.1) is 0 Å². The summed E-state index contributed by atoms with van der Waals surface area (Å²) in [5.41, 5.74) is 1.96. The van der Waals surface area contributed by atoms with Crippen LogP contribution >= 0.6 is 0 Å². The third-order valence-corrected chi connectivity index (χ3v) is 5.19. The van der Waals surface area contributed by atoms with Crippen molar-refractivity contribution in [2.75, 3.05) is 31.1 Å². The average Bonchev–Trinajstić information content (AvgIpc) is 2.93. The highest BCUT2D eigenvalue weighted by Crippen LogP contribution is 2.28. The second-order valence-corrected chi connectivity index (χ2v) is 8.69. The van der Waals surface area contributed by atoms with Gasteiger partial charge in [0, 0.05) is 32.1 Å². The highest BCUT2D eigenvalue weighted by atomic mass is 16.6. The Labute approximate surface area is 157 Å². The van der Waals surface area contributed by atoms with E-state index in [1.807, 2.05) is 25.7 Å². The molecule has 0 saturated carbocycles. The van der Waals surface area contributed by atoms with Gasteiger partial charge >= 0.3 is 6.09 Å². The Morgan fingerprint density at radius 1 is 1.12 bits per heavy atom. The summed E-state index contributed by atoms with van der Waals surface area (Å²) in [6, 6.07) is 4.39. The zero-order chi connectivity index (χ0) is 18.7. The monoisotopic (exact) mass is 359 g/mol. The van der Waals surface area contributed by atoms with Crippen molar-refractivity contribution in [3.8, 4) is 0 Å². The van der Waals surface area contributed by atoms with Gasteiger partial charge in [-0.2, -0.15) is 0 Å². The Balaban J connectivity index is 1.75. The van der Waals surface area contributed by atoms with Crippen molar-refractivity contribution in [1.29, 1.82) is 0 Å². The highest BCUT2D eigenvalue weighted by molar-refractivity contribution is 5.68. The molecule has 1 aromatic heterocycles. The Hall–Kier alpha value is -1.78. The van der Waals surface area contributed by atoms with Crippen molar-refractivity contribution in [2.45, 2.75) is 71.3 Å². The number of anilines is 1. The summed E-state index contributed by atoms with van der Waals surface area (Å²) in [5, 5.41) is 0.